The number of sulfonamides is 1. The number of aromatic amines is 1. The lowest BCUT2D eigenvalue weighted by Crippen LogP contribution is -2.38. The number of benzene rings is 2. The van der Waals surface area contributed by atoms with Crippen molar-refractivity contribution in [1.82, 2.24) is 10.3 Å². The number of nitrogens with one attached hydrogen (secondary N) is 2. The molecule has 9 heteroatoms. The van der Waals surface area contributed by atoms with Crippen LogP contribution in [0.25, 0.3) is 10.9 Å². The van der Waals surface area contributed by atoms with Gasteiger partial charge in [0.2, 0.25) is 5.78 Å². The summed E-state index contributed by atoms with van der Waals surface area (Å²) in [6, 6.07) is 16.7. The molecule has 33 heavy (non-hydrogen) atoms. The van der Waals surface area contributed by atoms with Gasteiger partial charge < -0.3 is 10.3 Å². The van der Waals surface area contributed by atoms with Gasteiger partial charge in [0.1, 0.15) is 4.88 Å². The minimum absolute atomic E-state index is 0.114. The van der Waals surface area contributed by atoms with Crippen molar-refractivity contribution in [2.75, 3.05) is 10.8 Å². The molecule has 2 N–H and O–H groups in total. The van der Waals surface area contributed by atoms with E-state index in [1.165, 1.54) is 21.8 Å². The Morgan fingerprint density at radius 3 is 2.70 bits per heavy atom. The number of carbonyl (C=O) groups excluding carboxylic acids is 1. The van der Waals surface area contributed by atoms with Crippen LogP contribution >= 0.6 is 22.9 Å². The van der Waals surface area contributed by atoms with Crippen LogP contribution < -0.4 is 9.62 Å². The van der Waals surface area contributed by atoms with E-state index >= 15 is 0 Å². The molecule has 5 rings (SSSR count). The molecule has 0 bridgehead atoms. The number of rotatable bonds is 6. The van der Waals surface area contributed by atoms with Crippen molar-refractivity contribution in [2.24, 2.45) is 0 Å². The number of thiophene rings is 1. The maximum atomic E-state index is 13.4. The summed E-state index contributed by atoms with van der Waals surface area (Å²) in [7, 11) is -4.02. The van der Waals surface area contributed by atoms with Crippen LogP contribution in [-0.2, 0) is 23.0 Å². The molecule has 4 aromatic rings. The van der Waals surface area contributed by atoms with E-state index in [1.807, 2.05) is 30.5 Å². The summed E-state index contributed by atoms with van der Waals surface area (Å²) in [5.41, 5.74) is 3.37. The van der Waals surface area contributed by atoms with Gasteiger partial charge in [0, 0.05) is 34.9 Å². The van der Waals surface area contributed by atoms with E-state index in [0.29, 0.717) is 28.6 Å². The zero-order valence-electron chi connectivity index (χ0n) is 17.4. The van der Waals surface area contributed by atoms with Crippen LogP contribution in [0.4, 0.5) is 5.69 Å². The Hall–Kier alpha value is -3.07. The van der Waals surface area contributed by atoms with E-state index in [1.54, 1.807) is 35.7 Å². The van der Waals surface area contributed by atoms with E-state index in [2.05, 4.69) is 10.3 Å². The fourth-order valence-electron chi connectivity index (χ4n) is 3.92. The minimum atomic E-state index is -4.02. The summed E-state index contributed by atoms with van der Waals surface area (Å²) in [6.07, 6.45) is 3.97. The maximum Gasteiger partial charge on any atom is 0.270 e. The molecule has 3 heterocycles. The van der Waals surface area contributed by atoms with E-state index in [9.17, 15) is 13.2 Å². The molecule has 0 spiro atoms. The van der Waals surface area contributed by atoms with Crippen molar-refractivity contribution in [3.8, 4) is 0 Å². The molecule has 0 aliphatic carbocycles. The van der Waals surface area contributed by atoms with E-state index < -0.39 is 15.8 Å². The number of Topliss-reactive ketones (excluding diaryl/α,β-unsaturated/α-hetero) is 1. The van der Waals surface area contributed by atoms with Crippen LogP contribution in [0.2, 0.25) is 5.02 Å². The van der Waals surface area contributed by atoms with Gasteiger partial charge in [-0.1, -0.05) is 41.9 Å². The first kappa shape index (κ1) is 21.8. The van der Waals surface area contributed by atoms with Gasteiger partial charge in [0.15, 0.2) is 4.91 Å². The Labute approximate surface area is 200 Å². The van der Waals surface area contributed by atoms with Gasteiger partial charge in [-0.2, -0.15) is 0 Å². The number of hydrogen-bond acceptors (Lipinski definition) is 5. The third kappa shape index (κ3) is 4.06. The number of aromatic nitrogens is 1. The van der Waals surface area contributed by atoms with Crippen LogP contribution in [0.3, 0.4) is 0 Å². The summed E-state index contributed by atoms with van der Waals surface area (Å²) < 4.78 is 28.1. The molecule has 0 saturated heterocycles. The first-order valence-corrected chi connectivity index (χ1v) is 13.0. The predicted molar refractivity (Wildman–Crippen MR) is 133 cm³/mol. The molecule has 2 aromatic heterocycles. The number of allylic oxidation sites excluding steroid dienone is 1. The highest BCUT2D eigenvalue weighted by Gasteiger charge is 2.41. The summed E-state index contributed by atoms with van der Waals surface area (Å²) in [4.78, 5) is 16.4. The number of nitrogens with zero attached hydrogens (tertiary/aromatic N) is 1. The predicted octanol–water partition coefficient (Wildman–Crippen LogP) is 5.09. The van der Waals surface area contributed by atoms with Crippen molar-refractivity contribution in [3.05, 3.63) is 98.3 Å². The van der Waals surface area contributed by atoms with E-state index in [-0.39, 0.29) is 11.4 Å². The third-order valence-corrected chi connectivity index (χ3v) is 8.52. The van der Waals surface area contributed by atoms with Crippen LogP contribution in [0.5, 0.6) is 0 Å². The number of H-pyrrole nitrogens is 1. The molecular formula is C24H20ClN3O3S2. The third-order valence-electron chi connectivity index (χ3n) is 5.60. The molecule has 2 aromatic carbocycles. The topological polar surface area (TPSA) is 82.3 Å². The van der Waals surface area contributed by atoms with Gasteiger partial charge in [-0.25, -0.2) is 8.42 Å². The largest absolute Gasteiger partial charge is 0.389 e. The van der Waals surface area contributed by atoms with E-state index in [4.69, 9.17) is 11.6 Å². The number of carbonyl (C=O) groups is 1. The van der Waals surface area contributed by atoms with Gasteiger partial charge in [0.25, 0.3) is 10.0 Å². The van der Waals surface area contributed by atoms with Crippen molar-refractivity contribution in [3.63, 3.8) is 0 Å². The Bertz CT molecular complexity index is 1470. The monoisotopic (exact) mass is 497 g/mol. The maximum absolute atomic E-state index is 13.4. The quantitative estimate of drug-likeness (QED) is 0.287. The zero-order valence-corrected chi connectivity index (χ0v) is 19.8. The Morgan fingerprint density at radius 2 is 1.88 bits per heavy atom. The van der Waals surface area contributed by atoms with Gasteiger partial charge in [0.05, 0.1) is 12.2 Å². The smallest absolute Gasteiger partial charge is 0.270 e. The number of hydrogen-bond donors (Lipinski definition) is 2. The van der Waals surface area contributed by atoms with Crippen LogP contribution in [0.1, 0.15) is 20.8 Å². The van der Waals surface area contributed by atoms with Crippen molar-refractivity contribution in [1.29, 1.82) is 0 Å². The molecule has 1 aliphatic heterocycles. The van der Waals surface area contributed by atoms with Crippen molar-refractivity contribution < 1.29 is 13.2 Å². The average Bonchev–Trinajstić information content (AvgIpc) is 3.45. The fraction of sp³-hybridized carbons (Fsp3) is 0.125. The molecule has 0 saturated carbocycles. The number of anilines is 1. The number of ketones is 1. The average molecular weight is 498 g/mol. The summed E-state index contributed by atoms with van der Waals surface area (Å²) in [5, 5.41) is 6.49. The molecule has 0 fully saturated rings. The normalized spacial score (nSPS) is 16.3. The standard InChI is InChI=1S/C24H20ClN3O3S2/c25-18-7-5-16(6-8-18)15-28-21-10-12-32-24(21)23(29)22(33(28,30)31)14-26-11-9-17-13-27-20-4-2-1-3-19(17)20/h1-8,10,12-14,26-27H,9,11,15H2. The van der Waals surface area contributed by atoms with Gasteiger partial charge in [-0.05, 0) is 47.2 Å². The molecule has 1 aliphatic rings. The summed E-state index contributed by atoms with van der Waals surface area (Å²) >= 11 is 7.21. The Balaban J connectivity index is 1.39. The lowest BCUT2D eigenvalue weighted by Gasteiger charge is -2.29. The lowest BCUT2D eigenvalue weighted by atomic mass is 10.1. The second-order valence-electron chi connectivity index (χ2n) is 7.67. The first-order chi connectivity index (χ1) is 15.9. The molecule has 0 radical (unpaired) electrons. The van der Waals surface area contributed by atoms with Crippen molar-refractivity contribution in [2.45, 2.75) is 13.0 Å². The highest BCUT2D eigenvalue weighted by Crippen LogP contribution is 2.39. The minimum Gasteiger partial charge on any atom is -0.389 e. The Morgan fingerprint density at radius 1 is 1.09 bits per heavy atom. The molecule has 0 amide bonds. The molecule has 6 nitrogen and oxygen atoms in total. The summed E-state index contributed by atoms with van der Waals surface area (Å²) in [5.74, 6) is -0.480. The highest BCUT2D eigenvalue weighted by atomic mass is 35.5. The zero-order chi connectivity index (χ0) is 23.0. The van der Waals surface area contributed by atoms with Gasteiger partial charge in [-0.15, -0.1) is 11.3 Å². The number of para-hydroxylation sites is 1. The molecular weight excluding hydrogens is 478 g/mol. The van der Waals surface area contributed by atoms with Gasteiger partial charge in [-0.3, -0.25) is 9.10 Å². The van der Waals surface area contributed by atoms with Crippen molar-refractivity contribution >= 4 is 55.3 Å². The lowest BCUT2D eigenvalue weighted by molar-refractivity contribution is 0.104. The fourth-order valence-corrected chi connectivity index (χ4v) is 6.56. The van der Waals surface area contributed by atoms with Gasteiger partial charge >= 0.3 is 0 Å². The molecule has 0 unspecified atom stereocenters. The van der Waals surface area contributed by atoms with Crippen LogP contribution in [-0.4, -0.2) is 25.7 Å². The number of fused-ring (bicyclic) bond motifs is 2. The SMILES string of the molecule is O=C1C(=CNCCc2c[nH]c3ccccc23)S(=O)(=O)N(Cc2ccc(Cl)cc2)c2ccsc21. The van der Waals surface area contributed by atoms with Crippen LogP contribution in [0.15, 0.2) is 77.3 Å². The molecule has 168 valence electrons. The summed E-state index contributed by atoms with van der Waals surface area (Å²) in [6.45, 7) is 0.603. The second kappa shape index (κ2) is 8.70. The molecule has 0 atom stereocenters. The number of halogens is 1. The highest BCUT2D eigenvalue weighted by molar-refractivity contribution is 7.97. The van der Waals surface area contributed by atoms with Crippen LogP contribution in [0, 0.1) is 0 Å². The Kier molecular flexibility index (Phi) is 5.74. The van der Waals surface area contributed by atoms with E-state index in [0.717, 1.165) is 22.0 Å². The first-order valence-electron chi connectivity index (χ1n) is 10.3. The second-order valence-corrected chi connectivity index (χ2v) is 10.9.